The van der Waals surface area contributed by atoms with Crippen LogP contribution in [0.5, 0.6) is 0 Å². The average Bonchev–Trinajstić information content (AvgIpc) is 2.75. The summed E-state index contributed by atoms with van der Waals surface area (Å²) in [6, 6.07) is 16.8. The number of nitrogens with zero attached hydrogens (tertiary/aromatic N) is 4. The molecule has 1 fully saturated rings. The molecular weight excluding hydrogens is 360 g/mol. The van der Waals surface area contributed by atoms with E-state index in [4.69, 9.17) is 9.72 Å². The molecule has 0 unspecified atom stereocenters. The lowest BCUT2D eigenvalue weighted by Crippen LogP contribution is -2.38. The van der Waals surface area contributed by atoms with Crippen molar-refractivity contribution < 1.29 is 4.74 Å². The Labute approximate surface area is 172 Å². The van der Waals surface area contributed by atoms with Gasteiger partial charge in [-0.3, -0.25) is 0 Å². The first-order chi connectivity index (χ1) is 14.1. The van der Waals surface area contributed by atoms with E-state index in [1.807, 2.05) is 0 Å². The van der Waals surface area contributed by atoms with Gasteiger partial charge in [-0.05, 0) is 33.6 Å². The van der Waals surface area contributed by atoms with Crippen LogP contribution < -0.4 is 4.90 Å². The summed E-state index contributed by atoms with van der Waals surface area (Å²) < 4.78 is 5.77. The van der Waals surface area contributed by atoms with Crippen LogP contribution in [0.4, 0.5) is 5.95 Å². The summed E-state index contributed by atoms with van der Waals surface area (Å²) in [6.07, 6.45) is 2.33. The molecule has 150 valence electrons. The topological polar surface area (TPSA) is 51.1 Å². The van der Waals surface area contributed by atoms with Crippen molar-refractivity contribution in [3.8, 4) is 22.5 Å². The molecule has 5 heteroatoms. The number of aromatic nitrogens is 3. The van der Waals surface area contributed by atoms with Gasteiger partial charge in [-0.2, -0.15) is 0 Å². The first-order valence-corrected chi connectivity index (χ1v) is 10.4. The van der Waals surface area contributed by atoms with Gasteiger partial charge in [0.25, 0.3) is 0 Å². The van der Waals surface area contributed by atoms with Crippen LogP contribution in [0.2, 0.25) is 0 Å². The highest BCUT2D eigenvalue weighted by molar-refractivity contribution is 5.78. The Morgan fingerprint density at radius 2 is 1.38 bits per heavy atom. The van der Waals surface area contributed by atoms with Crippen molar-refractivity contribution >= 4 is 5.95 Å². The zero-order valence-electron chi connectivity index (χ0n) is 17.4. The second kappa shape index (κ2) is 8.70. The maximum absolute atomic E-state index is 5.77. The van der Waals surface area contributed by atoms with Crippen molar-refractivity contribution in [2.24, 2.45) is 0 Å². The van der Waals surface area contributed by atoms with E-state index in [0.717, 1.165) is 55.1 Å². The number of benzene rings is 2. The summed E-state index contributed by atoms with van der Waals surface area (Å²) in [7, 11) is 0. The van der Waals surface area contributed by atoms with Crippen molar-refractivity contribution in [3.05, 3.63) is 59.7 Å². The van der Waals surface area contributed by atoms with Gasteiger partial charge in [0, 0.05) is 30.8 Å². The Morgan fingerprint density at radius 1 is 0.828 bits per heavy atom. The number of piperidine rings is 1. The van der Waals surface area contributed by atoms with E-state index in [1.165, 1.54) is 11.1 Å². The lowest BCUT2D eigenvalue weighted by molar-refractivity contribution is 0.0457. The number of hydrogen-bond donors (Lipinski definition) is 0. The van der Waals surface area contributed by atoms with E-state index in [1.54, 1.807) is 0 Å². The summed E-state index contributed by atoms with van der Waals surface area (Å²) in [4.78, 5) is 7.20. The Balaban J connectivity index is 1.70. The molecule has 0 bridgehead atoms. The van der Waals surface area contributed by atoms with E-state index in [-0.39, 0.29) is 0 Å². The molecule has 1 saturated heterocycles. The van der Waals surface area contributed by atoms with Crippen LogP contribution in [0.3, 0.4) is 0 Å². The summed E-state index contributed by atoms with van der Waals surface area (Å²) in [5.74, 6) is 0.700. The molecule has 0 spiro atoms. The van der Waals surface area contributed by atoms with Crippen molar-refractivity contribution in [1.29, 1.82) is 0 Å². The molecule has 5 nitrogen and oxygen atoms in total. The molecule has 0 atom stereocenters. The minimum Gasteiger partial charge on any atom is -0.378 e. The largest absolute Gasteiger partial charge is 0.378 e. The predicted octanol–water partition coefficient (Wildman–Crippen LogP) is 4.83. The summed E-state index contributed by atoms with van der Waals surface area (Å²) in [5.41, 5.74) is 6.25. The van der Waals surface area contributed by atoms with Crippen LogP contribution in [-0.2, 0) is 4.74 Å². The van der Waals surface area contributed by atoms with Gasteiger partial charge in [-0.25, -0.2) is 4.98 Å². The summed E-state index contributed by atoms with van der Waals surface area (Å²) in [6.45, 7) is 8.79. The van der Waals surface area contributed by atoms with Crippen molar-refractivity contribution in [2.75, 3.05) is 24.6 Å². The molecule has 0 N–H and O–H groups in total. The van der Waals surface area contributed by atoms with Crippen molar-refractivity contribution in [3.63, 3.8) is 0 Å². The smallest absolute Gasteiger partial charge is 0.245 e. The Hall–Kier alpha value is -2.79. The third-order valence-corrected chi connectivity index (χ3v) is 5.45. The zero-order valence-corrected chi connectivity index (χ0v) is 17.4. The average molecular weight is 389 g/mol. The SMILES string of the molecule is CCOC1CCN(c2nnc(-c3ccc(C)cc3)c(-c3ccc(C)cc3)n2)CC1. The van der Waals surface area contributed by atoms with Gasteiger partial charge in [0.05, 0.1) is 6.10 Å². The van der Waals surface area contributed by atoms with Crippen LogP contribution in [0, 0.1) is 13.8 Å². The molecular formula is C24H28N4O. The van der Waals surface area contributed by atoms with Crippen molar-refractivity contribution in [2.45, 2.75) is 39.7 Å². The molecule has 0 radical (unpaired) electrons. The van der Waals surface area contributed by atoms with E-state index < -0.39 is 0 Å². The number of anilines is 1. The molecule has 1 aliphatic heterocycles. The van der Waals surface area contributed by atoms with Gasteiger partial charge in [0.1, 0.15) is 11.4 Å². The standard InChI is InChI=1S/C24H28N4O/c1-4-29-21-13-15-28(16-14-21)24-25-22(19-9-5-17(2)6-10-19)23(26-27-24)20-11-7-18(3)8-12-20/h5-12,21H,4,13-16H2,1-3H3. The third-order valence-electron chi connectivity index (χ3n) is 5.45. The van der Waals surface area contributed by atoms with E-state index in [0.29, 0.717) is 12.1 Å². The number of ether oxygens (including phenoxy) is 1. The number of aryl methyl sites for hydroxylation is 2. The Kier molecular flexibility index (Phi) is 5.86. The van der Waals surface area contributed by atoms with Crippen LogP contribution in [0.15, 0.2) is 48.5 Å². The quantitative estimate of drug-likeness (QED) is 0.627. The molecule has 29 heavy (non-hydrogen) atoms. The Bertz CT molecular complexity index is 946. The molecule has 1 aromatic heterocycles. The first kappa shape index (κ1) is 19.5. The minimum absolute atomic E-state index is 0.340. The van der Waals surface area contributed by atoms with Crippen LogP contribution in [-0.4, -0.2) is 41.0 Å². The van der Waals surface area contributed by atoms with Crippen LogP contribution >= 0.6 is 0 Å². The zero-order chi connectivity index (χ0) is 20.2. The second-order valence-corrected chi connectivity index (χ2v) is 7.68. The number of hydrogen-bond acceptors (Lipinski definition) is 5. The van der Waals surface area contributed by atoms with E-state index >= 15 is 0 Å². The molecule has 3 aromatic rings. The van der Waals surface area contributed by atoms with Gasteiger partial charge in [-0.15, -0.1) is 10.2 Å². The van der Waals surface area contributed by atoms with Crippen molar-refractivity contribution in [1.82, 2.24) is 15.2 Å². The fourth-order valence-electron chi connectivity index (χ4n) is 3.73. The maximum Gasteiger partial charge on any atom is 0.245 e. The lowest BCUT2D eigenvalue weighted by atomic mass is 10.0. The van der Waals surface area contributed by atoms with Gasteiger partial charge in [0.2, 0.25) is 5.95 Å². The number of rotatable bonds is 5. The fourth-order valence-corrected chi connectivity index (χ4v) is 3.73. The van der Waals surface area contributed by atoms with E-state index in [9.17, 15) is 0 Å². The highest BCUT2D eigenvalue weighted by Gasteiger charge is 2.23. The van der Waals surface area contributed by atoms with Gasteiger partial charge < -0.3 is 9.64 Å². The normalized spacial score (nSPS) is 14.9. The minimum atomic E-state index is 0.340. The van der Waals surface area contributed by atoms with Gasteiger partial charge in [0.15, 0.2) is 0 Å². The molecule has 2 aromatic carbocycles. The summed E-state index contributed by atoms with van der Waals surface area (Å²) >= 11 is 0. The predicted molar refractivity (Wildman–Crippen MR) is 117 cm³/mol. The first-order valence-electron chi connectivity index (χ1n) is 10.4. The molecule has 1 aliphatic rings. The molecule has 0 aliphatic carbocycles. The van der Waals surface area contributed by atoms with Crippen LogP contribution in [0.1, 0.15) is 30.9 Å². The monoisotopic (exact) mass is 388 g/mol. The van der Waals surface area contributed by atoms with E-state index in [2.05, 4.69) is 84.4 Å². The lowest BCUT2D eigenvalue weighted by Gasteiger charge is -2.31. The van der Waals surface area contributed by atoms with Gasteiger partial charge >= 0.3 is 0 Å². The van der Waals surface area contributed by atoms with Gasteiger partial charge in [-0.1, -0.05) is 59.7 Å². The molecule has 4 rings (SSSR count). The molecule has 0 saturated carbocycles. The molecule has 2 heterocycles. The summed E-state index contributed by atoms with van der Waals surface area (Å²) in [5, 5.41) is 9.12. The maximum atomic E-state index is 5.77. The molecule has 0 amide bonds. The Morgan fingerprint density at radius 3 is 1.93 bits per heavy atom. The highest BCUT2D eigenvalue weighted by atomic mass is 16.5. The fraction of sp³-hybridized carbons (Fsp3) is 0.375. The third kappa shape index (κ3) is 4.46. The van der Waals surface area contributed by atoms with Crippen LogP contribution in [0.25, 0.3) is 22.5 Å². The highest BCUT2D eigenvalue weighted by Crippen LogP contribution is 2.30. The second-order valence-electron chi connectivity index (χ2n) is 7.68.